The van der Waals surface area contributed by atoms with Gasteiger partial charge in [-0.2, -0.15) is 0 Å². The highest BCUT2D eigenvalue weighted by atomic mass is 16.5. The molecule has 0 radical (unpaired) electrons. The average Bonchev–Trinajstić information content (AvgIpc) is 3.13. The number of rotatable bonds is 8. The number of nitrogens with one attached hydrogen (secondary N) is 2. The van der Waals surface area contributed by atoms with Crippen molar-refractivity contribution < 1.29 is 15.1 Å². The van der Waals surface area contributed by atoms with E-state index in [1.807, 2.05) is 20.2 Å². The molecule has 0 aromatic heterocycles. The van der Waals surface area contributed by atoms with Crippen LogP contribution in [0.4, 0.5) is 5.69 Å². The maximum absolute atomic E-state index is 11.2. The zero-order valence-electron chi connectivity index (χ0n) is 16.9. The number of hydrogen-bond donors (Lipinski definition) is 4. The van der Waals surface area contributed by atoms with E-state index in [1.54, 1.807) is 11.6 Å². The molecule has 2 aromatic rings. The number of carbonyl (C=O) groups excluding carboxylic acids is 1. The van der Waals surface area contributed by atoms with Gasteiger partial charge < -0.3 is 15.3 Å². The largest absolute Gasteiger partial charge is 0.396 e. The molecular formula is C23H29N3O3. The van der Waals surface area contributed by atoms with Crippen molar-refractivity contribution in [2.24, 2.45) is 0 Å². The zero-order chi connectivity index (χ0) is 20.8. The van der Waals surface area contributed by atoms with E-state index in [-0.39, 0.29) is 18.7 Å². The number of fused-ring (bicyclic) bond motifs is 1. The first-order valence-electron chi connectivity index (χ1n) is 9.91. The number of hydrogen-bond acceptors (Lipinski definition) is 5. The minimum absolute atomic E-state index is 0.0833. The van der Waals surface area contributed by atoms with E-state index in [0.717, 1.165) is 24.1 Å². The summed E-state index contributed by atoms with van der Waals surface area (Å²) in [5, 5.41) is 21.9. The van der Waals surface area contributed by atoms with Crippen LogP contribution in [-0.4, -0.2) is 36.9 Å². The van der Waals surface area contributed by atoms with Crippen molar-refractivity contribution in [3.05, 3.63) is 70.8 Å². The van der Waals surface area contributed by atoms with Gasteiger partial charge in [-0.15, -0.1) is 0 Å². The second kappa shape index (κ2) is 9.69. The van der Waals surface area contributed by atoms with Crippen LogP contribution in [0.2, 0.25) is 0 Å². The molecule has 0 fully saturated rings. The lowest BCUT2D eigenvalue weighted by molar-refractivity contribution is -0.124. The van der Waals surface area contributed by atoms with Gasteiger partial charge in [0, 0.05) is 44.5 Å². The van der Waals surface area contributed by atoms with E-state index in [1.165, 1.54) is 22.8 Å². The lowest BCUT2D eigenvalue weighted by Gasteiger charge is -2.24. The Kier molecular flexibility index (Phi) is 7.04. The molecule has 0 bridgehead atoms. The van der Waals surface area contributed by atoms with Crippen LogP contribution in [0.5, 0.6) is 0 Å². The van der Waals surface area contributed by atoms with E-state index >= 15 is 0 Å². The zero-order valence-corrected chi connectivity index (χ0v) is 16.9. The highest BCUT2D eigenvalue weighted by Gasteiger charge is 2.25. The van der Waals surface area contributed by atoms with Gasteiger partial charge in [0.05, 0.1) is 0 Å². The lowest BCUT2D eigenvalue weighted by Crippen LogP contribution is -2.26. The molecule has 6 nitrogen and oxygen atoms in total. The predicted octanol–water partition coefficient (Wildman–Crippen LogP) is 2.97. The normalized spacial score (nSPS) is 16.6. The molecule has 6 heteroatoms. The Labute approximate surface area is 171 Å². The third kappa shape index (κ3) is 5.23. The maximum atomic E-state index is 11.2. The number of aliphatic hydroxyl groups excluding tert-OH is 1. The Bertz CT molecular complexity index is 862. The quantitative estimate of drug-likeness (QED) is 0.314. The van der Waals surface area contributed by atoms with Crippen LogP contribution in [0.1, 0.15) is 47.2 Å². The second-order valence-corrected chi connectivity index (χ2v) is 7.58. The molecule has 0 aliphatic heterocycles. The minimum Gasteiger partial charge on any atom is -0.396 e. The molecular weight excluding hydrogens is 366 g/mol. The molecule has 0 heterocycles. The van der Waals surface area contributed by atoms with E-state index in [2.05, 4.69) is 46.6 Å². The average molecular weight is 396 g/mol. The standard InChI is InChI=1S/C23H29N3O3/c1-26(2)19-8-5-17(6-9-19)21(13-14-27)24-22-11-7-18-15-16(3-10-20(18)22)4-12-23(28)25-29/h3-6,8-10,12,15,21-22,24,27,29H,7,11,13-14H2,1-2H3,(H,25,28)/b12-4+. The molecule has 0 saturated carbocycles. The van der Waals surface area contributed by atoms with Crippen LogP contribution in [-0.2, 0) is 11.2 Å². The van der Waals surface area contributed by atoms with Gasteiger partial charge in [0.1, 0.15) is 0 Å². The van der Waals surface area contributed by atoms with E-state index < -0.39 is 5.91 Å². The molecule has 0 saturated heterocycles. The van der Waals surface area contributed by atoms with Crippen LogP contribution >= 0.6 is 0 Å². The predicted molar refractivity (Wildman–Crippen MR) is 115 cm³/mol. The van der Waals surface area contributed by atoms with Crippen molar-refractivity contribution in [2.45, 2.75) is 31.3 Å². The van der Waals surface area contributed by atoms with Gasteiger partial charge in [-0.3, -0.25) is 10.0 Å². The lowest BCUT2D eigenvalue weighted by atomic mass is 10.00. The highest BCUT2D eigenvalue weighted by molar-refractivity contribution is 5.90. The number of nitrogens with zero attached hydrogens (tertiary/aromatic N) is 1. The van der Waals surface area contributed by atoms with Crippen molar-refractivity contribution in [2.75, 3.05) is 25.6 Å². The Morgan fingerprint density at radius 2 is 2.00 bits per heavy atom. The molecule has 2 aromatic carbocycles. The summed E-state index contributed by atoms with van der Waals surface area (Å²) in [6, 6.07) is 14.9. The van der Waals surface area contributed by atoms with Crippen molar-refractivity contribution >= 4 is 17.7 Å². The molecule has 1 aliphatic carbocycles. The number of anilines is 1. The number of benzene rings is 2. The summed E-state index contributed by atoms with van der Waals surface area (Å²) in [5.74, 6) is -0.544. The second-order valence-electron chi connectivity index (χ2n) is 7.58. The Morgan fingerprint density at radius 1 is 1.24 bits per heavy atom. The van der Waals surface area contributed by atoms with Gasteiger partial charge in [0.25, 0.3) is 5.91 Å². The van der Waals surface area contributed by atoms with E-state index in [9.17, 15) is 9.90 Å². The maximum Gasteiger partial charge on any atom is 0.267 e. The molecule has 2 atom stereocenters. The number of aryl methyl sites for hydroxylation is 1. The topological polar surface area (TPSA) is 84.8 Å². The number of hydroxylamine groups is 1. The summed E-state index contributed by atoms with van der Waals surface area (Å²) in [6.45, 7) is 0.128. The molecule has 29 heavy (non-hydrogen) atoms. The fourth-order valence-electron chi connectivity index (χ4n) is 3.85. The fraction of sp³-hybridized carbons (Fsp3) is 0.348. The number of carbonyl (C=O) groups is 1. The van der Waals surface area contributed by atoms with Gasteiger partial charge in [0.15, 0.2) is 0 Å². The fourth-order valence-corrected chi connectivity index (χ4v) is 3.85. The van der Waals surface area contributed by atoms with Gasteiger partial charge in [-0.05, 0) is 59.7 Å². The van der Waals surface area contributed by atoms with Crippen molar-refractivity contribution in [3.8, 4) is 0 Å². The molecule has 2 unspecified atom stereocenters. The summed E-state index contributed by atoms with van der Waals surface area (Å²) in [4.78, 5) is 13.2. The Hall–Kier alpha value is -2.67. The summed E-state index contributed by atoms with van der Waals surface area (Å²) in [7, 11) is 4.04. The monoisotopic (exact) mass is 395 g/mol. The number of amides is 1. The van der Waals surface area contributed by atoms with Crippen LogP contribution in [0.25, 0.3) is 6.08 Å². The molecule has 1 amide bonds. The minimum atomic E-state index is -0.544. The van der Waals surface area contributed by atoms with Gasteiger partial charge in [0.2, 0.25) is 0 Å². The first kappa shape index (κ1) is 21.0. The highest BCUT2D eigenvalue weighted by Crippen LogP contribution is 2.34. The van der Waals surface area contributed by atoms with Crippen molar-refractivity contribution in [3.63, 3.8) is 0 Å². The molecule has 154 valence electrons. The van der Waals surface area contributed by atoms with E-state index in [0.29, 0.717) is 6.42 Å². The Balaban J connectivity index is 1.74. The summed E-state index contributed by atoms with van der Waals surface area (Å²) < 4.78 is 0. The third-order valence-electron chi connectivity index (χ3n) is 5.41. The summed E-state index contributed by atoms with van der Waals surface area (Å²) >= 11 is 0. The van der Waals surface area contributed by atoms with Gasteiger partial charge >= 0.3 is 0 Å². The first-order chi connectivity index (χ1) is 14.0. The summed E-state index contributed by atoms with van der Waals surface area (Å²) in [5.41, 5.74) is 7.38. The molecule has 3 rings (SSSR count). The number of aliphatic hydroxyl groups is 1. The molecule has 4 N–H and O–H groups in total. The van der Waals surface area contributed by atoms with Gasteiger partial charge in [-0.25, -0.2) is 5.48 Å². The SMILES string of the molecule is CN(C)c1ccc(C(CCO)NC2CCc3cc(/C=C/C(=O)NO)ccc32)cc1. The Morgan fingerprint density at radius 3 is 2.66 bits per heavy atom. The third-order valence-corrected chi connectivity index (χ3v) is 5.41. The van der Waals surface area contributed by atoms with Crippen molar-refractivity contribution in [1.82, 2.24) is 10.8 Å². The van der Waals surface area contributed by atoms with Crippen LogP contribution in [0.15, 0.2) is 48.5 Å². The van der Waals surface area contributed by atoms with E-state index in [4.69, 9.17) is 5.21 Å². The molecule has 1 aliphatic rings. The molecule has 0 spiro atoms. The van der Waals surface area contributed by atoms with Crippen LogP contribution in [0.3, 0.4) is 0 Å². The first-order valence-corrected chi connectivity index (χ1v) is 9.91. The summed E-state index contributed by atoms with van der Waals surface area (Å²) in [6.07, 6.45) is 5.61. The van der Waals surface area contributed by atoms with Crippen molar-refractivity contribution in [1.29, 1.82) is 0 Å². The smallest absolute Gasteiger partial charge is 0.267 e. The van der Waals surface area contributed by atoms with Crippen LogP contribution in [0, 0.1) is 0 Å². The van der Waals surface area contributed by atoms with Crippen LogP contribution < -0.4 is 15.7 Å². The van der Waals surface area contributed by atoms with Gasteiger partial charge in [-0.1, -0.05) is 30.3 Å².